The van der Waals surface area contributed by atoms with E-state index in [4.69, 9.17) is 0 Å². The summed E-state index contributed by atoms with van der Waals surface area (Å²) in [6.45, 7) is 9.05. The van der Waals surface area contributed by atoms with Gasteiger partial charge in [0.1, 0.15) is 0 Å². The molecule has 1 heterocycles. The summed E-state index contributed by atoms with van der Waals surface area (Å²) < 4.78 is 0. The molecule has 0 atom stereocenters. The van der Waals surface area contributed by atoms with E-state index in [9.17, 15) is 0 Å². The summed E-state index contributed by atoms with van der Waals surface area (Å²) in [6, 6.07) is 0. The number of likely N-dealkylation sites (tertiary alicyclic amines) is 1. The van der Waals surface area contributed by atoms with E-state index in [0.29, 0.717) is 0 Å². The van der Waals surface area contributed by atoms with Crippen molar-refractivity contribution in [1.29, 1.82) is 0 Å². The zero-order valence-corrected chi connectivity index (χ0v) is 11.9. The Bertz CT molecular complexity index is 67.9. The van der Waals surface area contributed by atoms with Crippen LogP contribution in [0.2, 0.25) is 0 Å². The van der Waals surface area contributed by atoms with Crippen LogP contribution in [0.15, 0.2) is 0 Å². The van der Waals surface area contributed by atoms with Crippen molar-refractivity contribution in [1.82, 2.24) is 4.90 Å². The summed E-state index contributed by atoms with van der Waals surface area (Å²) in [5.74, 6) is 1.67. The predicted molar refractivity (Wildman–Crippen MR) is 51.6 cm³/mol. The first kappa shape index (κ1) is 15.5. The molecule has 0 aliphatic carbocycles. The maximum atomic E-state index is 2.38. The fourth-order valence-corrected chi connectivity index (χ4v) is 1.00. The van der Waals surface area contributed by atoms with E-state index in [1.807, 2.05) is 0 Å². The molecule has 1 radical (unpaired) electrons. The van der Waals surface area contributed by atoms with Crippen molar-refractivity contribution in [3.63, 3.8) is 0 Å². The van der Waals surface area contributed by atoms with E-state index >= 15 is 0 Å². The number of hydrogen-bond donors (Lipinski definition) is 0. The minimum atomic E-state index is 0. The van der Waals surface area contributed by atoms with Crippen LogP contribution < -0.4 is 0 Å². The van der Waals surface area contributed by atoms with Crippen LogP contribution in [-0.2, 0) is 32.7 Å². The summed E-state index contributed by atoms with van der Waals surface area (Å²) in [6.07, 6.45) is 3.88. The van der Waals surface area contributed by atoms with Gasteiger partial charge in [0.25, 0.3) is 0 Å². The van der Waals surface area contributed by atoms with E-state index in [0.717, 1.165) is 0 Å². The number of nitrogens with zero attached hydrogens (tertiary/aromatic N) is 1. The second-order valence-electron chi connectivity index (χ2n) is 3.47. The Hall–Kier alpha value is 1.06. The van der Waals surface area contributed by atoms with Crippen molar-refractivity contribution in [2.75, 3.05) is 20.1 Å². The first-order valence-electron chi connectivity index (χ1n) is 4.70. The third-order valence-corrected chi connectivity index (χ3v) is 1.84. The Balaban J connectivity index is 0. The Kier molecular flexibility index (Phi) is 13.1. The van der Waals surface area contributed by atoms with Crippen molar-refractivity contribution in [2.45, 2.75) is 40.0 Å². The smallest absolute Gasteiger partial charge is 0 e. The second kappa shape index (κ2) is 10.1. The van der Waals surface area contributed by atoms with Gasteiger partial charge in [0.05, 0.1) is 0 Å². The summed E-state index contributed by atoms with van der Waals surface area (Å²) in [4.78, 5) is 2.38. The second-order valence-corrected chi connectivity index (χ2v) is 3.47. The van der Waals surface area contributed by atoms with Gasteiger partial charge in [-0.25, -0.2) is 0 Å². The van der Waals surface area contributed by atoms with E-state index in [2.05, 4.69) is 32.7 Å². The van der Waals surface area contributed by atoms with Crippen molar-refractivity contribution < 1.29 is 32.7 Å². The van der Waals surface area contributed by atoms with Crippen LogP contribution >= 0.6 is 0 Å². The van der Waals surface area contributed by atoms with Crippen LogP contribution in [-0.4, -0.2) is 25.0 Å². The number of rotatable bonds is 0. The van der Waals surface area contributed by atoms with Gasteiger partial charge in [0, 0.05) is 32.7 Å². The molecular formula is C10H22NY-. The molecular weight excluding hydrogens is 223 g/mol. The van der Waals surface area contributed by atoms with Crippen LogP contribution in [0.25, 0.3) is 0 Å². The van der Waals surface area contributed by atoms with E-state index < -0.39 is 0 Å². The predicted octanol–water partition coefficient (Wildman–Crippen LogP) is 2.72. The van der Waals surface area contributed by atoms with Gasteiger partial charge in [-0.3, -0.25) is 0 Å². The van der Waals surface area contributed by atoms with Crippen molar-refractivity contribution in [2.24, 2.45) is 0 Å². The minimum absolute atomic E-state index is 0. The Labute approximate surface area is 103 Å². The summed E-state index contributed by atoms with van der Waals surface area (Å²) in [5, 5.41) is 0. The molecule has 1 fully saturated rings. The van der Waals surface area contributed by atoms with E-state index in [-0.39, 0.29) is 32.7 Å². The average molecular weight is 245 g/mol. The van der Waals surface area contributed by atoms with Gasteiger partial charge >= 0.3 is 0 Å². The van der Waals surface area contributed by atoms with Crippen LogP contribution in [0, 0.1) is 5.92 Å². The standard InChI is InChI=1S/C7H14N.C3H8.Y/c1-7-3-5-8(2)6-4-7;1-3-2;/h3-6H2,1-2H3;3H2,1-2H3;/q-1;;. The van der Waals surface area contributed by atoms with Gasteiger partial charge in [-0.2, -0.15) is 19.8 Å². The van der Waals surface area contributed by atoms with Gasteiger partial charge in [-0.1, -0.05) is 20.3 Å². The normalized spacial score (nSPS) is 19.0. The third kappa shape index (κ3) is 9.15. The molecule has 0 amide bonds. The minimum Gasteiger partial charge on any atom is -0.314 e. The van der Waals surface area contributed by atoms with Crippen molar-refractivity contribution in [3.8, 4) is 0 Å². The molecule has 0 aromatic rings. The van der Waals surface area contributed by atoms with Gasteiger partial charge in [0.15, 0.2) is 0 Å². The van der Waals surface area contributed by atoms with Crippen LogP contribution in [0.3, 0.4) is 0 Å². The fraction of sp³-hybridized carbons (Fsp3) is 0.900. The van der Waals surface area contributed by atoms with E-state index in [1.54, 1.807) is 5.92 Å². The van der Waals surface area contributed by atoms with Gasteiger partial charge in [0.2, 0.25) is 0 Å². The number of hydrogen-bond acceptors (Lipinski definition) is 1. The Morgan fingerprint density at radius 2 is 1.50 bits per heavy atom. The van der Waals surface area contributed by atoms with Gasteiger partial charge in [-0.15, -0.1) is 0 Å². The fourth-order valence-electron chi connectivity index (χ4n) is 1.00. The molecule has 0 saturated carbocycles. The maximum Gasteiger partial charge on any atom is 0 e. The SMILES string of the molecule is CCC.C[C-]1CCN(C)CC1.[Y]. The molecule has 2 heteroatoms. The molecule has 1 aliphatic heterocycles. The largest absolute Gasteiger partial charge is 0.314 e. The molecule has 0 aromatic carbocycles. The number of piperidine rings is 1. The molecule has 0 N–H and O–H groups in total. The average Bonchev–Trinajstić information content (AvgIpc) is 1.97. The first-order chi connectivity index (χ1) is 5.20. The Morgan fingerprint density at radius 3 is 1.75 bits per heavy atom. The van der Waals surface area contributed by atoms with Crippen molar-refractivity contribution in [3.05, 3.63) is 5.92 Å². The van der Waals surface area contributed by atoms with Gasteiger partial charge in [-0.05, 0) is 20.1 Å². The summed E-state index contributed by atoms with van der Waals surface area (Å²) in [5.41, 5.74) is 0. The molecule has 1 nitrogen and oxygen atoms in total. The molecule has 0 spiro atoms. The van der Waals surface area contributed by atoms with E-state index in [1.165, 1.54) is 32.4 Å². The summed E-state index contributed by atoms with van der Waals surface area (Å²) >= 11 is 0. The van der Waals surface area contributed by atoms with Crippen molar-refractivity contribution >= 4 is 0 Å². The maximum absolute atomic E-state index is 2.38. The van der Waals surface area contributed by atoms with Crippen LogP contribution in [0.5, 0.6) is 0 Å². The molecule has 12 heavy (non-hydrogen) atoms. The molecule has 0 aromatic heterocycles. The topological polar surface area (TPSA) is 3.24 Å². The molecule has 0 unspecified atom stereocenters. The molecule has 1 aliphatic rings. The molecule has 1 saturated heterocycles. The third-order valence-electron chi connectivity index (χ3n) is 1.84. The summed E-state index contributed by atoms with van der Waals surface area (Å²) in [7, 11) is 2.19. The zero-order valence-electron chi connectivity index (χ0n) is 9.06. The van der Waals surface area contributed by atoms with Crippen LogP contribution in [0.1, 0.15) is 40.0 Å². The molecule has 71 valence electrons. The Morgan fingerprint density at radius 1 is 1.17 bits per heavy atom. The monoisotopic (exact) mass is 245 g/mol. The van der Waals surface area contributed by atoms with Crippen LogP contribution in [0.4, 0.5) is 0 Å². The zero-order chi connectivity index (χ0) is 8.69. The van der Waals surface area contributed by atoms with Gasteiger partial charge < -0.3 is 10.8 Å². The molecule has 1 rings (SSSR count). The quantitative estimate of drug-likeness (QED) is 0.593. The first-order valence-corrected chi connectivity index (χ1v) is 4.70. The molecule has 0 bridgehead atoms.